The van der Waals surface area contributed by atoms with Gasteiger partial charge in [0.1, 0.15) is 71.9 Å². The number of aliphatic hydroxyl groups is 3. The minimum absolute atomic E-state index is 0.00868. The van der Waals surface area contributed by atoms with Gasteiger partial charge in [0, 0.05) is 32.4 Å². The maximum Gasteiger partial charge on any atom is 0.326 e. The third-order valence-corrected chi connectivity index (χ3v) is 15.1. The van der Waals surface area contributed by atoms with Gasteiger partial charge in [0.05, 0.1) is 31.8 Å². The first-order chi connectivity index (χ1) is 42.8. The molecule has 4 rings (SSSR count). The lowest BCUT2D eigenvalue weighted by Gasteiger charge is -2.31. The number of aliphatic hydroxyl groups excluding tert-OH is 3. The molecule has 2 aliphatic heterocycles. The Morgan fingerprint density at radius 1 is 0.516 bits per heavy atom. The molecule has 0 spiro atoms. The average Bonchev–Trinajstić information content (AvgIpc) is 1.85. The summed E-state index contributed by atoms with van der Waals surface area (Å²) in [6, 6.07) is -6.03. The molecular weight excluding hydrogens is 1200 g/mol. The maximum absolute atomic E-state index is 14.7. The first-order valence-electron chi connectivity index (χ1n) is 29.8. The number of aliphatic carboxylic acids is 2. The zero-order chi connectivity index (χ0) is 68.0. The highest BCUT2D eigenvalue weighted by molar-refractivity contribution is 6.00. The van der Waals surface area contributed by atoms with Crippen molar-refractivity contribution in [3.63, 3.8) is 0 Å². The van der Waals surface area contributed by atoms with Crippen LogP contribution in [-0.2, 0) is 75.2 Å². The lowest BCUT2D eigenvalue weighted by atomic mass is 10.0. The van der Waals surface area contributed by atoms with E-state index in [4.69, 9.17) is 11.5 Å². The molecule has 12 atom stereocenters. The maximum atomic E-state index is 14.7. The fourth-order valence-electron chi connectivity index (χ4n) is 10.3. The van der Waals surface area contributed by atoms with Gasteiger partial charge in [-0.3, -0.25) is 57.5 Å². The fourth-order valence-corrected chi connectivity index (χ4v) is 10.3. The van der Waals surface area contributed by atoms with E-state index in [0.29, 0.717) is 11.1 Å². The minimum Gasteiger partial charge on any atom is -0.508 e. The predicted molar refractivity (Wildman–Crippen MR) is 320 cm³/mol. The Morgan fingerprint density at radius 3 is 1.40 bits per heavy atom. The van der Waals surface area contributed by atoms with Crippen molar-refractivity contribution in [2.45, 2.75) is 178 Å². The molecule has 2 aromatic carbocycles. The van der Waals surface area contributed by atoms with E-state index in [9.17, 15) is 98.1 Å². The van der Waals surface area contributed by atoms with Crippen molar-refractivity contribution in [3.05, 3.63) is 59.7 Å². The predicted octanol–water partition coefficient (Wildman–Crippen LogP) is -4.65. The molecule has 502 valence electrons. The molecule has 32 heteroatoms. The van der Waals surface area contributed by atoms with Gasteiger partial charge in [0.25, 0.3) is 0 Å². The number of amides is 11. The quantitative estimate of drug-likeness (QED) is 0.0309. The molecule has 0 unspecified atom stereocenters. The number of nitrogens with zero attached hydrogens (tertiary/aromatic N) is 2. The minimum atomic E-state index is -1.82. The van der Waals surface area contributed by atoms with Crippen LogP contribution in [-0.4, -0.2) is 221 Å². The highest BCUT2D eigenvalue weighted by Gasteiger charge is 2.43. The molecule has 32 nitrogen and oxygen atoms in total. The number of carbonyl (C=O) groups is 13. The SMILES string of the molecule is CC(C)C[C@H](NC(=O)[C@H](CC(N)=O)NC(=O)[C@H](CCC(=O)O)NC(=O)[C@@H]1CCCN1C(=O)[C@H](Cc1ccc(O)cc1)NC(=O)[C@H](CO)NC(=O)[C@@H]1CCCN1C(=O)[C@H](CO)NC(=O)[C@@H](NC(=O)[C@H](Cc1ccc(O)cc1)NC(=O)[C@@H](N)CC(C)C)[C@@H](C)O)C(=O)O. The van der Waals surface area contributed by atoms with E-state index < -0.39 is 182 Å². The number of nitrogens with two attached hydrogens (primary N) is 2. The number of carboxylic acids is 2. The number of phenolic OH excluding ortho intramolecular Hbond substituents is 2. The van der Waals surface area contributed by atoms with Crippen LogP contribution in [0.5, 0.6) is 11.5 Å². The van der Waals surface area contributed by atoms with E-state index in [1.54, 1.807) is 13.8 Å². The van der Waals surface area contributed by atoms with Gasteiger partial charge in [0.15, 0.2) is 0 Å². The Morgan fingerprint density at radius 2 is 0.934 bits per heavy atom. The first kappa shape index (κ1) is 74.5. The molecule has 0 aromatic heterocycles. The van der Waals surface area contributed by atoms with Crippen LogP contribution in [0, 0.1) is 11.8 Å². The monoisotopic (exact) mass is 1280 g/mol. The molecule has 0 saturated carbocycles. The normalized spacial score (nSPS) is 17.9. The standard InChI is InChI=1S/C59H86N12O20/c1-29(2)22-36(60)49(80)63-38(24-32-10-14-34(75)15-11-32)52(83)69-48(31(5)74)56(87)68-43(28-73)58(89)71-21-7-9-45(71)55(86)67-42(27-72)53(84)65-40(25-33-12-16-35(76)17-13-33)57(88)70-20-6-8-44(70)54(85)62-37(18-19-47(78)79)50(81)64-39(26-46(61)77)51(82)66-41(59(90)91)23-30(3)4/h10-17,29-31,36-45,48,72-76H,6-9,18-28,60H2,1-5H3,(H2,61,77)(H,62,85)(H,63,80)(H,64,81)(H,65,84)(H,66,82)(H,67,86)(H,68,87)(H,69,83)(H,78,79)(H,90,91)/t31-,36+,37+,38+,39+,40+,41+,42+,43+,44+,45+,48+/m1/s1. The van der Waals surface area contributed by atoms with Crippen LogP contribution in [0.15, 0.2) is 48.5 Å². The van der Waals surface area contributed by atoms with Gasteiger partial charge in [-0.15, -0.1) is 0 Å². The number of likely N-dealkylation sites (tertiary alicyclic amines) is 2. The molecule has 2 heterocycles. The Kier molecular flexibility index (Phi) is 29.0. The molecule has 0 bridgehead atoms. The number of primary amides is 1. The summed E-state index contributed by atoms with van der Waals surface area (Å²) in [5, 5.41) is 89.8. The Balaban J connectivity index is 1.51. The molecule has 11 amide bonds. The number of hydrogen-bond acceptors (Lipinski definition) is 19. The van der Waals surface area contributed by atoms with Crippen molar-refractivity contribution in [2.75, 3.05) is 26.3 Å². The second kappa shape index (κ2) is 35.4. The molecule has 2 aromatic rings. The van der Waals surface area contributed by atoms with Crippen molar-refractivity contribution in [1.29, 1.82) is 0 Å². The summed E-state index contributed by atoms with van der Waals surface area (Å²) in [6.45, 7) is 5.83. The van der Waals surface area contributed by atoms with Crippen molar-refractivity contribution in [1.82, 2.24) is 52.3 Å². The zero-order valence-electron chi connectivity index (χ0n) is 51.3. The molecule has 2 aliphatic rings. The number of rotatable bonds is 35. The number of benzene rings is 2. The second-order valence-electron chi connectivity index (χ2n) is 23.4. The van der Waals surface area contributed by atoms with E-state index >= 15 is 0 Å². The van der Waals surface area contributed by atoms with Crippen LogP contribution < -0.4 is 54.0 Å². The van der Waals surface area contributed by atoms with Crippen molar-refractivity contribution >= 4 is 76.9 Å². The van der Waals surface area contributed by atoms with E-state index in [0.717, 1.165) is 16.7 Å². The van der Waals surface area contributed by atoms with E-state index in [-0.39, 0.29) is 87.8 Å². The Labute approximate surface area is 524 Å². The molecule has 0 radical (unpaired) electrons. The van der Waals surface area contributed by atoms with Crippen LogP contribution >= 0.6 is 0 Å². The van der Waals surface area contributed by atoms with E-state index in [1.165, 1.54) is 48.5 Å². The fraction of sp³-hybridized carbons (Fsp3) is 0.576. The summed E-state index contributed by atoms with van der Waals surface area (Å²) in [5.74, 6) is -14.5. The van der Waals surface area contributed by atoms with Gasteiger partial charge >= 0.3 is 11.9 Å². The number of nitrogens with one attached hydrogen (secondary N) is 8. The topological polar surface area (TPSA) is 518 Å². The number of carboxylic acid groups (broad SMARTS) is 2. The third kappa shape index (κ3) is 23.1. The molecular formula is C59H86N12O20. The van der Waals surface area contributed by atoms with Crippen molar-refractivity contribution < 1.29 is 98.1 Å². The second-order valence-corrected chi connectivity index (χ2v) is 23.4. The number of phenols is 2. The van der Waals surface area contributed by atoms with Gasteiger partial charge in [-0.25, -0.2) is 4.79 Å². The molecule has 0 aliphatic carbocycles. The van der Waals surface area contributed by atoms with E-state index in [1.807, 2.05) is 13.8 Å². The smallest absolute Gasteiger partial charge is 0.326 e. The van der Waals surface area contributed by atoms with Gasteiger partial charge < -0.3 is 99.5 Å². The lowest BCUT2D eigenvalue weighted by molar-refractivity contribution is -0.144. The highest BCUT2D eigenvalue weighted by atomic mass is 16.4. The summed E-state index contributed by atoms with van der Waals surface area (Å²) in [6.07, 6.45) is -3.72. The number of aromatic hydroxyl groups is 2. The van der Waals surface area contributed by atoms with E-state index in [2.05, 4.69) is 42.5 Å². The molecule has 19 N–H and O–H groups in total. The summed E-state index contributed by atoms with van der Waals surface area (Å²) in [5.41, 5.74) is 12.3. The highest BCUT2D eigenvalue weighted by Crippen LogP contribution is 2.23. The van der Waals surface area contributed by atoms with Crippen LogP contribution in [0.2, 0.25) is 0 Å². The average molecular weight is 1280 g/mol. The summed E-state index contributed by atoms with van der Waals surface area (Å²) < 4.78 is 0. The van der Waals surface area contributed by atoms with Crippen LogP contribution in [0.1, 0.15) is 104 Å². The largest absolute Gasteiger partial charge is 0.508 e. The summed E-state index contributed by atoms with van der Waals surface area (Å²) in [7, 11) is 0. The molecule has 91 heavy (non-hydrogen) atoms. The van der Waals surface area contributed by atoms with Crippen LogP contribution in [0.4, 0.5) is 0 Å². The Bertz CT molecular complexity index is 2910. The van der Waals surface area contributed by atoms with Gasteiger partial charge in [-0.2, -0.15) is 0 Å². The van der Waals surface area contributed by atoms with Gasteiger partial charge in [-0.05, 0) is 99.1 Å². The number of carbonyl (C=O) groups excluding carboxylic acids is 11. The third-order valence-electron chi connectivity index (χ3n) is 15.1. The number of hydrogen-bond donors (Lipinski definition) is 17. The molecule has 2 saturated heterocycles. The van der Waals surface area contributed by atoms with Crippen molar-refractivity contribution in [3.8, 4) is 11.5 Å². The Hall–Kier alpha value is -9.01. The van der Waals surface area contributed by atoms with Gasteiger partial charge in [-0.1, -0.05) is 52.0 Å². The first-order valence-corrected chi connectivity index (χ1v) is 29.8. The summed E-state index contributed by atoms with van der Waals surface area (Å²) in [4.78, 5) is 177. The van der Waals surface area contributed by atoms with Crippen LogP contribution in [0.3, 0.4) is 0 Å². The lowest BCUT2D eigenvalue weighted by Crippen LogP contribution is -2.62. The van der Waals surface area contributed by atoms with Crippen LogP contribution in [0.25, 0.3) is 0 Å². The molecule has 2 fully saturated rings. The zero-order valence-corrected chi connectivity index (χ0v) is 51.3. The summed E-state index contributed by atoms with van der Waals surface area (Å²) >= 11 is 0. The van der Waals surface area contributed by atoms with Gasteiger partial charge in [0.2, 0.25) is 65.0 Å². The van der Waals surface area contributed by atoms with Crippen molar-refractivity contribution in [2.24, 2.45) is 23.3 Å².